The van der Waals surface area contributed by atoms with E-state index in [0.717, 1.165) is 12.8 Å². The summed E-state index contributed by atoms with van der Waals surface area (Å²) >= 11 is 2.65. The third-order valence-corrected chi connectivity index (χ3v) is 8.55. The number of carbonyl (C=O) groups excluding carboxylic acids is 3. The Bertz CT molecular complexity index is 1160. The lowest BCUT2D eigenvalue weighted by molar-refractivity contribution is -0.123. The Kier molecular flexibility index (Phi) is 8.04. The molecule has 2 aliphatic rings. The first kappa shape index (κ1) is 26.2. The van der Waals surface area contributed by atoms with E-state index in [9.17, 15) is 14.4 Å². The number of hydrogen-bond donors (Lipinski definition) is 3. The van der Waals surface area contributed by atoms with Gasteiger partial charge in [0.1, 0.15) is 33.5 Å². The zero-order chi connectivity index (χ0) is 26.0. The van der Waals surface area contributed by atoms with Gasteiger partial charge in [-0.15, -0.1) is 22.7 Å². The van der Waals surface area contributed by atoms with Crippen LogP contribution in [-0.4, -0.2) is 51.8 Å². The Morgan fingerprint density at radius 2 is 1.58 bits per heavy atom. The van der Waals surface area contributed by atoms with Crippen molar-refractivity contribution in [3.05, 3.63) is 32.2 Å². The second-order valence-electron chi connectivity index (χ2n) is 9.32. The van der Waals surface area contributed by atoms with Crippen molar-refractivity contribution in [2.75, 3.05) is 0 Å². The van der Waals surface area contributed by atoms with Gasteiger partial charge in [-0.2, -0.15) is 0 Å². The van der Waals surface area contributed by atoms with Crippen LogP contribution in [0.1, 0.15) is 84.5 Å². The predicted molar refractivity (Wildman–Crippen MR) is 138 cm³/mol. The van der Waals surface area contributed by atoms with Crippen LogP contribution in [0, 0.1) is 11.8 Å². The lowest BCUT2D eigenvalue weighted by atomic mass is 9.98. The molecule has 0 saturated heterocycles. The molecule has 12 heteroatoms. The minimum atomic E-state index is -0.743. The summed E-state index contributed by atoms with van der Waals surface area (Å²) in [5.41, 5.74) is 0.548. The van der Waals surface area contributed by atoms with E-state index in [1.165, 1.54) is 22.7 Å². The van der Waals surface area contributed by atoms with Crippen LogP contribution >= 0.6 is 22.7 Å². The average Bonchev–Trinajstić information content (AvgIpc) is 3.62. The van der Waals surface area contributed by atoms with Crippen molar-refractivity contribution in [2.45, 2.75) is 78.2 Å². The van der Waals surface area contributed by atoms with E-state index < -0.39 is 18.2 Å². The highest BCUT2D eigenvalue weighted by Crippen LogP contribution is 2.28. The van der Waals surface area contributed by atoms with Gasteiger partial charge in [-0.3, -0.25) is 14.4 Å². The summed E-state index contributed by atoms with van der Waals surface area (Å²) in [5.74, 6) is -0.509. The smallest absolute Gasteiger partial charge is 0.271 e. The van der Waals surface area contributed by atoms with Crippen molar-refractivity contribution in [1.29, 1.82) is 0 Å². The molecule has 0 fully saturated rings. The van der Waals surface area contributed by atoms with E-state index in [4.69, 9.17) is 4.74 Å². The number of amides is 3. The molecule has 0 aliphatic carbocycles. The Morgan fingerprint density at radius 3 is 2.28 bits per heavy atom. The highest BCUT2D eigenvalue weighted by atomic mass is 32.1. The lowest BCUT2D eigenvalue weighted by Gasteiger charge is -2.24. The Morgan fingerprint density at radius 1 is 0.972 bits per heavy atom. The molecular weight excluding hydrogens is 500 g/mol. The molecular formula is C24H32N6O4S2. The molecule has 4 heterocycles. The van der Waals surface area contributed by atoms with Crippen LogP contribution in [0.5, 0.6) is 0 Å². The molecule has 4 rings (SSSR count). The molecule has 6 bridgehead atoms. The number of nitrogens with zero attached hydrogens (tertiary/aromatic N) is 3. The first-order chi connectivity index (χ1) is 17.2. The number of hydrogen-bond acceptors (Lipinski definition) is 9. The first-order valence-electron chi connectivity index (χ1n) is 12.2. The van der Waals surface area contributed by atoms with Crippen molar-refractivity contribution in [3.8, 4) is 0 Å². The summed E-state index contributed by atoms with van der Waals surface area (Å²) < 4.78 is 5.98. The third-order valence-electron chi connectivity index (χ3n) is 6.77. The van der Waals surface area contributed by atoms with Crippen LogP contribution in [0.4, 0.5) is 0 Å². The maximum Gasteiger partial charge on any atom is 0.271 e. The number of rotatable bonds is 4. The molecule has 0 spiro atoms. The van der Waals surface area contributed by atoms with E-state index in [1.807, 2.05) is 27.7 Å². The van der Waals surface area contributed by atoms with Gasteiger partial charge in [0, 0.05) is 10.8 Å². The number of aromatic nitrogens is 2. The molecule has 3 amide bonds. The van der Waals surface area contributed by atoms with Gasteiger partial charge >= 0.3 is 0 Å². The minimum absolute atomic E-state index is 0.0197. The number of aliphatic imine (C=N–C) groups is 1. The van der Waals surface area contributed by atoms with Crippen molar-refractivity contribution < 1.29 is 19.1 Å². The van der Waals surface area contributed by atoms with Gasteiger partial charge in [-0.05, 0) is 18.8 Å². The van der Waals surface area contributed by atoms with Crippen LogP contribution in [0.3, 0.4) is 0 Å². The number of ether oxygens (including phenoxy) is 1. The van der Waals surface area contributed by atoms with Gasteiger partial charge < -0.3 is 20.7 Å². The zero-order valence-electron chi connectivity index (χ0n) is 21.0. The van der Waals surface area contributed by atoms with E-state index in [2.05, 4.69) is 30.9 Å². The average molecular weight is 533 g/mol. The molecule has 6 atom stereocenters. The van der Waals surface area contributed by atoms with E-state index in [0.29, 0.717) is 15.9 Å². The summed E-state index contributed by atoms with van der Waals surface area (Å²) in [6.45, 7) is 10.1. The second kappa shape index (κ2) is 11.0. The quantitative estimate of drug-likeness (QED) is 0.554. The predicted octanol–water partition coefficient (Wildman–Crippen LogP) is 3.08. The summed E-state index contributed by atoms with van der Waals surface area (Å²) in [5, 5.41) is 13.6. The van der Waals surface area contributed by atoms with E-state index in [-0.39, 0.29) is 53.5 Å². The largest absolute Gasteiger partial charge is 0.474 e. The van der Waals surface area contributed by atoms with Crippen molar-refractivity contribution >= 4 is 46.3 Å². The highest BCUT2D eigenvalue weighted by molar-refractivity contribution is 7.10. The van der Waals surface area contributed by atoms with Gasteiger partial charge in [-0.1, -0.05) is 40.5 Å². The Labute approximate surface area is 218 Å². The molecule has 2 aliphatic heterocycles. The Balaban J connectivity index is 1.72. The lowest BCUT2D eigenvalue weighted by Crippen LogP contribution is -2.45. The van der Waals surface area contributed by atoms with E-state index in [1.54, 1.807) is 17.7 Å². The van der Waals surface area contributed by atoms with Crippen molar-refractivity contribution in [3.63, 3.8) is 0 Å². The summed E-state index contributed by atoms with van der Waals surface area (Å²) in [6.07, 6.45) is 1.10. The molecule has 0 radical (unpaired) electrons. The molecule has 2 aromatic heterocycles. The highest BCUT2D eigenvalue weighted by Gasteiger charge is 2.38. The van der Waals surface area contributed by atoms with E-state index >= 15 is 0 Å². The molecule has 36 heavy (non-hydrogen) atoms. The summed E-state index contributed by atoms with van der Waals surface area (Å²) in [6, 6.07) is -1.61. The fourth-order valence-electron chi connectivity index (χ4n) is 4.05. The van der Waals surface area contributed by atoms with Gasteiger partial charge in [0.25, 0.3) is 11.8 Å². The van der Waals surface area contributed by atoms with Crippen LogP contribution in [-0.2, 0) is 16.1 Å². The summed E-state index contributed by atoms with van der Waals surface area (Å²) in [7, 11) is 0. The van der Waals surface area contributed by atoms with Crippen LogP contribution in [0.2, 0.25) is 0 Å². The second-order valence-corrected chi connectivity index (χ2v) is 11.2. The van der Waals surface area contributed by atoms with Gasteiger partial charge in [0.2, 0.25) is 11.8 Å². The molecule has 194 valence electrons. The maximum absolute atomic E-state index is 13.2. The molecule has 3 N–H and O–H groups in total. The Hall–Kier alpha value is -2.86. The van der Waals surface area contributed by atoms with Gasteiger partial charge in [-0.25, -0.2) is 15.0 Å². The van der Waals surface area contributed by atoms with Crippen LogP contribution < -0.4 is 16.0 Å². The third kappa shape index (κ3) is 5.44. The monoisotopic (exact) mass is 532 g/mol. The van der Waals surface area contributed by atoms with Crippen LogP contribution in [0.25, 0.3) is 0 Å². The number of thiazole rings is 2. The SMILES string of the molecule is CC[C@H](C)[C@@H]1NC(=O)c2csc(n2)[C@@H]([C@@H](C)CC)NC(=O)c2csc(n2)CNC(=O)[C@H]2N=C1O[C@@H]2C. The number of fused-ring (bicyclic) bond motifs is 5. The van der Waals surface area contributed by atoms with Gasteiger partial charge in [0.15, 0.2) is 6.04 Å². The standard InChI is InChI=1S/C24H32N6O4S2/c1-6-11(3)17-23-30-19(13(5)34-23)22(33)25-8-16-26-14(9-35-16)20(31)29-18(12(4)7-2)24-27-15(10-36-24)21(32)28-17/h9-13,17-19H,6-8H2,1-5H3,(H,25,33)(H,28,32)(H,29,31)/t11-,12-,13+,17-,18+,19-/m0/s1. The summed E-state index contributed by atoms with van der Waals surface area (Å²) in [4.78, 5) is 52.7. The van der Waals surface area contributed by atoms with Crippen molar-refractivity contribution in [1.82, 2.24) is 25.9 Å². The first-order valence-corrected chi connectivity index (χ1v) is 14.0. The normalized spacial score (nSPS) is 26.5. The zero-order valence-corrected chi connectivity index (χ0v) is 22.7. The number of carbonyl (C=O) groups is 3. The molecule has 0 unspecified atom stereocenters. The minimum Gasteiger partial charge on any atom is -0.474 e. The molecule has 10 nitrogen and oxygen atoms in total. The number of nitrogens with one attached hydrogen (secondary N) is 3. The molecule has 2 aromatic rings. The van der Waals surface area contributed by atoms with Crippen LogP contribution in [0.15, 0.2) is 15.8 Å². The topological polar surface area (TPSA) is 135 Å². The van der Waals surface area contributed by atoms with Crippen molar-refractivity contribution in [2.24, 2.45) is 16.8 Å². The molecule has 0 saturated carbocycles. The fourth-order valence-corrected chi connectivity index (χ4v) is 5.74. The van der Waals surface area contributed by atoms with Gasteiger partial charge in [0.05, 0.1) is 12.6 Å². The molecule has 0 aromatic carbocycles. The fraction of sp³-hybridized carbons (Fsp3) is 0.583. The maximum atomic E-state index is 13.2.